The summed E-state index contributed by atoms with van der Waals surface area (Å²) in [5.74, 6) is -1.62. The molecule has 6 heteroatoms. The number of hydrogen-bond donors (Lipinski definition) is 3. The third kappa shape index (κ3) is 2.79. The first-order valence-electron chi connectivity index (χ1n) is 6.63. The molecule has 0 aliphatic heterocycles. The Labute approximate surface area is 122 Å². The van der Waals surface area contributed by atoms with Gasteiger partial charge in [-0.05, 0) is 25.0 Å². The molecule has 3 N–H and O–H groups in total. The van der Waals surface area contributed by atoms with E-state index in [0.29, 0.717) is 5.56 Å². The molecule has 1 atom stereocenters. The van der Waals surface area contributed by atoms with Gasteiger partial charge in [0.05, 0.1) is 0 Å². The number of benzene rings is 1. The van der Waals surface area contributed by atoms with E-state index in [2.05, 4.69) is 15.5 Å². The van der Waals surface area contributed by atoms with Crippen molar-refractivity contribution >= 4 is 11.9 Å². The maximum atomic E-state index is 12.3. The van der Waals surface area contributed by atoms with Gasteiger partial charge in [-0.3, -0.25) is 9.89 Å². The lowest BCUT2D eigenvalue weighted by Gasteiger charge is -2.29. The predicted molar refractivity (Wildman–Crippen MR) is 76.8 cm³/mol. The summed E-state index contributed by atoms with van der Waals surface area (Å²) in [5, 5.41) is 18.8. The molecule has 1 aromatic carbocycles. The molecule has 21 heavy (non-hydrogen) atoms. The fraction of sp³-hybridized carbons (Fsp3) is 0.267. The van der Waals surface area contributed by atoms with Crippen LogP contribution in [-0.2, 0) is 10.3 Å². The van der Waals surface area contributed by atoms with Gasteiger partial charge in [0.25, 0.3) is 5.91 Å². The first-order chi connectivity index (χ1) is 9.99. The van der Waals surface area contributed by atoms with E-state index >= 15 is 0 Å². The zero-order valence-electron chi connectivity index (χ0n) is 11.9. The molecule has 0 aliphatic rings. The molecule has 0 bridgehead atoms. The Morgan fingerprint density at radius 3 is 2.48 bits per heavy atom. The number of aliphatic carboxylic acids is 1. The van der Waals surface area contributed by atoms with Crippen LogP contribution < -0.4 is 5.32 Å². The highest BCUT2D eigenvalue weighted by Gasteiger charge is 2.40. The Bertz CT molecular complexity index is 651. The summed E-state index contributed by atoms with van der Waals surface area (Å²) >= 11 is 0. The number of amides is 1. The molecule has 1 heterocycles. The van der Waals surface area contributed by atoms with Crippen LogP contribution in [0.2, 0.25) is 0 Å². The molecule has 6 nitrogen and oxygen atoms in total. The third-order valence-electron chi connectivity index (χ3n) is 3.43. The summed E-state index contributed by atoms with van der Waals surface area (Å²) in [4.78, 5) is 24.0. The van der Waals surface area contributed by atoms with E-state index in [-0.39, 0.29) is 12.1 Å². The summed E-state index contributed by atoms with van der Waals surface area (Å²) in [6.07, 6.45) is 0.224. The van der Waals surface area contributed by atoms with Crippen LogP contribution in [0.15, 0.2) is 36.4 Å². The molecule has 0 fully saturated rings. The van der Waals surface area contributed by atoms with Crippen LogP contribution in [0.5, 0.6) is 0 Å². The standard InChI is InChI=1S/C15H17N3O3/c1-3-15(14(20)21,11-7-5-4-6-8-11)16-13(19)12-9-10(2)17-18-12/h4-9H,3H2,1-2H3,(H,16,19)(H,17,18)(H,20,21). The normalized spacial score (nSPS) is 13.4. The Morgan fingerprint density at radius 2 is 2.00 bits per heavy atom. The zero-order chi connectivity index (χ0) is 15.5. The highest BCUT2D eigenvalue weighted by atomic mass is 16.4. The summed E-state index contributed by atoms with van der Waals surface area (Å²) in [6, 6.07) is 10.2. The average molecular weight is 287 g/mol. The maximum Gasteiger partial charge on any atom is 0.334 e. The van der Waals surface area contributed by atoms with Crippen LogP contribution in [0.4, 0.5) is 0 Å². The van der Waals surface area contributed by atoms with Crippen molar-refractivity contribution in [2.24, 2.45) is 0 Å². The van der Waals surface area contributed by atoms with Crippen LogP contribution in [0, 0.1) is 6.92 Å². The lowest BCUT2D eigenvalue weighted by molar-refractivity contribution is -0.145. The molecule has 0 saturated heterocycles. The Balaban J connectivity index is 2.38. The molecule has 1 aromatic heterocycles. The van der Waals surface area contributed by atoms with Crippen molar-refractivity contribution in [2.75, 3.05) is 0 Å². The van der Waals surface area contributed by atoms with E-state index < -0.39 is 17.4 Å². The minimum Gasteiger partial charge on any atom is -0.479 e. The number of hydrogen-bond acceptors (Lipinski definition) is 3. The number of carbonyl (C=O) groups is 2. The number of H-pyrrole nitrogens is 1. The number of carboxylic acid groups (broad SMARTS) is 1. The molecule has 110 valence electrons. The third-order valence-corrected chi connectivity index (χ3v) is 3.43. The van der Waals surface area contributed by atoms with E-state index in [1.54, 1.807) is 50.2 Å². The fourth-order valence-electron chi connectivity index (χ4n) is 2.21. The Hall–Kier alpha value is -2.63. The monoisotopic (exact) mass is 287 g/mol. The van der Waals surface area contributed by atoms with Gasteiger partial charge in [0, 0.05) is 5.69 Å². The number of aromatic nitrogens is 2. The largest absolute Gasteiger partial charge is 0.479 e. The van der Waals surface area contributed by atoms with Gasteiger partial charge >= 0.3 is 5.97 Å². The van der Waals surface area contributed by atoms with Crippen LogP contribution in [0.25, 0.3) is 0 Å². The number of aromatic amines is 1. The highest BCUT2D eigenvalue weighted by molar-refractivity contribution is 5.96. The molecule has 1 unspecified atom stereocenters. The first-order valence-corrected chi connectivity index (χ1v) is 6.63. The number of nitrogens with one attached hydrogen (secondary N) is 2. The molecule has 2 aromatic rings. The van der Waals surface area contributed by atoms with Gasteiger partial charge in [-0.2, -0.15) is 5.10 Å². The topological polar surface area (TPSA) is 95.1 Å². The Kier molecular flexibility index (Phi) is 4.07. The number of aryl methyl sites for hydroxylation is 1. The Morgan fingerprint density at radius 1 is 1.33 bits per heavy atom. The summed E-state index contributed by atoms with van der Waals surface area (Å²) < 4.78 is 0. The second kappa shape index (κ2) is 5.78. The minimum absolute atomic E-state index is 0.169. The van der Waals surface area contributed by atoms with Gasteiger partial charge in [-0.25, -0.2) is 4.79 Å². The highest BCUT2D eigenvalue weighted by Crippen LogP contribution is 2.26. The van der Waals surface area contributed by atoms with Crippen molar-refractivity contribution in [3.8, 4) is 0 Å². The van der Waals surface area contributed by atoms with Crippen molar-refractivity contribution in [2.45, 2.75) is 25.8 Å². The van der Waals surface area contributed by atoms with Gasteiger partial charge in [-0.1, -0.05) is 37.3 Å². The summed E-state index contributed by atoms with van der Waals surface area (Å²) in [7, 11) is 0. The zero-order valence-corrected chi connectivity index (χ0v) is 11.9. The van der Waals surface area contributed by atoms with E-state index in [1.165, 1.54) is 0 Å². The van der Waals surface area contributed by atoms with Crippen molar-refractivity contribution in [1.29, 1.82) is 0 Å². The first kappa shape index (κ1) is 14.8. The predicted octanol–water partition coefficient (Wildman–Crippen LogP) is 1.84. The van der Waals surface area contributed by atoms with Gasteiger partial charge < -0.3 is 10.4 Å². The average Bonchev–Trinajstić information content (AvgIpc) is 2.92. The van der Waals surface area contributed by atoms with E-state index in [4.69, 9.17) is 0 Å². The molecule has 0 saturated carbocycles. The lowest BCUT2D eigenvalue weighted by Crippen LogP contribution is -2.51. The molecule has 0 aliphatic carbocycles. The number of rotatable bonds is 5. The number of carboxylic acids is 1. The van der Waals surface area contributed by atoms with Crippen LogP contribution in [0.3, 0.4) is 0 Å². The quantitative estimate of drug-likeness (QED) is 0.782. The summed E-state index contributed by atoms with van der Waals surface area (Å²) in [6.45, 7) is 3.49. The van der Waals surface area contributed by atoms with Crippen LogP contribution in [0.1, 0.15) is 35.1 Å². The molecule has 0 radical (unpaired) electrons. The SMILES string of the molecule is CCC(NC(=O)c1cc(C)[nH]n1)(C(=O)O)c1ccccc1. The molecule has 1 amide bonds. The number of carbonyl (C=O) groups excluding carboxylic acids is 1. The van der Waals surface area contributed by atoms with Gasteiger partial charge in [0.2, 0.25) is 0 Å². The minimum atomic E-state index is -1.47. The molecular formula is C15H17N3O3. The molecule has 0 spiro atoms. The fourth-order valence-corrected chi connectivity index (χ4v) is 2.21. The van der Waals surface area contributed by atoms with E-state index in [0.717, 1.165) is 5.69 Å². The van der Waals surface area contributed by atoms with Crippen molar-refractivity contribution < 1.29 is 14.7 Å². The molecule has 2 rings (SSSR count). The van der Waals surface area contributed by atoms with Gasteiger partial charge in [0.1, 0.15) is 5.69 Å². The van der Waals surface area contributed by atoms with E-state index in [9.17, 15) is 14.7 Å². The second-order valence-corrected chi connectivity index (χ2v) is 4.82. The second-order valence-electron chi connectivity index (χ2n) is 4.82. The van der Waals surface area contributed by atoms with Crippen LogP contribution >= 0.6 is 0 Å². The van der Waals surface area contributed by atoms with E-state index in [1.807, 2.05) is 0 Å². The smallest absolute Gasteiger partial charge is 0.334 e. The number of nitrogens with zero attached hydrogens (tertiary/aromatic N) is 1. The maximum absolute atomic E-state index is 12.3. The van der Waals surface area contributed by atoms with Gasteiger partial charge in [0.15, 0.2) is 5.54 Å². The van der Waals surface area contributed by atoms with Crippen molar-refractivity contribution in [1.82, 2.24) is 15.5 Å². The van der Waals surface area contributed by atoms with Gasteiger partial charge in [-0.15, -0.1) is 0 Å². The van der Waals surface area contributed by atoms with Crippen molar-refractivity contribution in [3.63, 3.8) is 0 Å². The van der Waals surface area contributed by atoms with Crippen LogP contribution in [-0.4, -0.2) is 27.2 Å². The molecular weight excluding hydrogens is 270 g/mol. The summed E-state index contributed by atoms with van der Waals surface area (Å²) in [5.41, 5.74) is -0.0361. The van der Waals surface area contributed by atoms with Crippen molar-refractivity contribution in [3.05, 3.63) is 53.3 Å². The lowest BCUT2D eigenvalue weighted by atomic mass is 9.87.